The highest BCUT2D eigenvalue weighted by Gasteiger charge is 2.72. The Kier molecular flexibility index (Phi) is 16.2. The molecule has 2 heterocycles. The van der Waals surface area contributed by atoms with E-state index in [2.05, 4.69) is 53.4 Å². The van der Waals surface area contributed by atoms with Crippen molar-refractivity contribution < 1.29 is 52.4 Å². The number of carbonyl (C=O) groups is 5. The van der Waals surface area contributed by atoms with Gasteiger partial charge in [-0.2, -0.15) is 0 Å². The van der Waals surface area contributed by atoms with E-state index in [1.807, 2.05) is 0 Å². The quantitative estimate of drug-likeness (QED) is 0.0394. The van der Waals surface area contributed by atoms with E-state index in [4.69, 9.17) is 28.4 Å². The lowest BCUT2D eigenvalue weighted by Crippen LogP contribution is -2.56. The average molecular weight is 684 g/mol. The number of aldehydes is 1. The number of nitrogens with one attached hydrogen (secondary N) is 5. The van der Waals surface area contributed by atoms with Crippen molar-refractivity contribution in [1.82, 2.24) is 26.6 Å². The highest BCUT2D eigenvalue weighted by Crippen LogP contribution is 2.59. The molecule has 0 aromatic rings. The molecule has 1 saturated carbocycles. The summed E-state index contributed by atoms with van der Waals surface area (Å²) in [4.78, 5) is 57.7. The highest BCUT2D eigenvalue weighted by molar-refractivity contribution is 5.86. The van der Waals surface area contributed by atoms with Crippen LogP contribution in [0.4, 0.5) is 4.79 Å². The predicted octanol–water partition coefficient (Wildman–Crippen LogP) is -0.651. The number of hydrogen-bond acceptors (Lipinski definition) is 12. The van der Waals surface area contributed by atoms with Crippen LogP contribution in [-0.2, 0) is 47.6 Å². The van der Waals surface area contributed by atoms with Crippen molar-refractivity contribution in [2.45, 2.75) is 76.0 Å². The Balaban J connectivity index is 1.18. The van der Waals surface area contributed by atoms with E-state index < -0.39 is 29.6 Å². The van der Waals surface area contributed by atoms with Crippen LogP contribution in [-0.4, -0.2) is 139 Å². The molecule has 272 valence electrons. The maximum absolute atomic E-state index is 12.6. The maximum Gasteiger partial charge on any atom is 0.407 e. The van der Waals surface area contributed by atoms with Gasteiger partial charge in [0.05, 0.1) is 64.7 Å². The van der Waals surface area contributed by atoms with Gasteiger partial charge in [0.1, 0.15) is 29.7 Å². The molecule has 1 spiro atoms. The van der Waals surface area contributed by atoms with E-state index in [9.17, 15) is 24.0 Å². The molecule has 2 saturated heterocycles. The molecule has 3 fully saturated rings. The number of methoxy groups -OCH3 is 1. The van der Waals surface area contributed by atoms with Crippen LogP contribution in [0.3, 0.4) is 0 Å². The minimum Gasteiger partial charge on any atom is -0.443 e. The molecule has 0 bridgehead atoms. The molecule has 0 aromatic heterocycles. The molecule has 3 rings (SSSR count). The van der Waals surface area contributed by atoms with Gasteiger partial charge in [-0.25, -0.2) is 4.79 Å². The van der Waals surface area contributed by atoms with Crippen molar-refractivity contribution in [2.75, 3.05) is 79.4 Å². The second-order valence-corrected chi connectivity index (χ2v) is 12.5. The van der Waals surface area contributed by atoms with Gasteiger partial charge < -0.3 is 59.8 Å². The first-order valence-electron chi connectivity index (χ1n) is 16.6. The van der Waals surface area contributed by atoms with Gasteiger partial charge >= 0.3 is 6.09 Å². The molecule has 1 aliphatic carbocycles. The average Bonchev–Trinajstić information content (AvgIpc) is 3.98. The Hall–Kier alpha value is -3.15. The Morgan fingerprint density at radius 3 is 2.23 bits per heavy atom. The molecule has 0 aromatic carbocycles. The smallest absolute Gasteiger partial charge is 0.407 e. The highest BCUT2D eigenvalue weighted by atomic mass is 16.6. The lowest BCUT2D eigenvalue weighted by Gasteiger charge is -2.42. The summed E-state index contributed by atoms with van der Waals surface area (Å²) in [6.07, 6.45) is 3.95. The van der Waals surface area contributed by atoms with Gasteiger partial charge in [-0.3, -0.25) is 14.4 Å². The van der Waals surface area contributed by atoms with Crippen LogP contribution in [0.1, 0.15) is 46.5 Å². The van der Waals surface area contributed by atoms with E-state index in [0.29, 0.717) is 45.7 Å². The molecular weight excluding hydrogens is 630 g/mol. The topological polar surface area (TPSA) is 207 Å². The number of allylic oxidation sites excluding steroid dienone is 1. The van der Waals surface area contributed by atoms with Crippen LogP contribution in [0.15, 0.2) is 11.6 Å². The van der Waals surface area contributed by atoms with E-state index in [-0.39, 0.29) is 75.4 Å². The number of hydrogen-bond donors (Lipinski definition) is 5. The zero-order chi connectivity index (χ0) is 35.0. The fourth-order valence-electron chi connectivity index (χ4n) is 6.01. The van der Waals surface area contributed by atoms with Gasteiger partial charge in [-0.15, -0.1) is 0 Å². The number of carbonyl (C=O) groups excluding carboxylic acids is 5. The van der Waals surface area contributed by atoms with Gasteiger partial charge in [0.25, 0.3) is 0 Å². The summed E-state index contributed by atoms with van der Waals surface area (Å²) < 4.78 is 34.9. The molecule has 3 aliphatic rings. The van der Waals surface area contributed by atoms with Crippen molar-refractivity contribution in [1.29, 1.82) is 0 Å². The van der Waals surface area contributed by atoms with Gasteiger partial charge in [0.2, 0.25) is 17.7 Å². The van der Waals surface area contributed by atoms with Gasteiger partial charge in [0.15, 0.2) is 0 Å². The summed E-state index contributed by atoms with van der Waals surface area (Å²) >= 11 is 0. The number of amides is 4. The minimum atomic E-state index is -0.526. The molecule has 6 atom stereocenters. The SMILES string of the molecule is COC1C(OC(=O)NCCOCCOCCNC(=O)CCNCC(=O)NCC(=O)NCC=O)CC[C@]2(CO2)C1[C@@]1(C)O[C@@H]1CC=C(C)C. The summed E-state index contributed by atoms with van der Waals surface area (Å²) in [6.45, 7) is 8.63. The zero-order valence-electron chi connectivity index (χ0n) is 28.6. The zero-order valence-corrected chi connectivity index (χ0v) is 28.6. The predicted molar refractivity (Wildman–Crippen MR) is 172 cm³/mol. The number of epoxide rings is 2. The largest absolute Gasteiger partial charge is 0.443 e. The molecular formula is C32H53N5O11. The first-order chi connectivity index (χ1) is 23.0. The van der Waals surface area contributed by atoms with Crippen LogP contribution in [0.5, 0.6) is 0 Å². The van der Waals surface area contributed by atoms with E-state index in [1.54, 1.807) is 7.11 Å². The molecule has 16 heteroatoms. The lowest BCUT2D eigenvalue weighted by atomic mass is 9.68. The normalized spacial score (nSPS) is 27.0. The van der Waals surface area contributed by atoms with Gasteiger partial charge in [0, 0.05) is 33.2 Å². The molecule has 48 heavy (non-hydrogen) atoms. The third-order valence-electron chi connectivity index (χ3n) is 8.59. The van der Waals surface area contributed by atoms with Crippen molar-refractivity contribution >= 4 is 30.1 Å². The number of ether oxygens (including phenoxy) is 6. The fraction of sp³-hybridized carbons (Fsp3) is 0.781. The molecule has 4 amide bonds. The monoisotopic (exact) mass is 683 g/mol. The molecule has 2 aliphatic heterocycles. The van der Waals surface area contributed by atoms with Crippen LogP contribution >= 0.6 is 0 Å². The lowest BCUT2D eigenvalue weighted by molar-refractivity contribution is -0.126. The fourth-order valence-corrected chi connectivity index (χ4v) is 6.01. The minimum absolute atomic E-state index is 0.0411. The number of rotatable bonds is 23. The second kappa shape index (κ2) is 19.7. The molecule has 16 nitrogen and oxygen atoms in total. The van der Waals surface area contributed by atoms with E-state index in [0.717, 1.165) is 12.8 Å². The van der Waals surface area contributed by atoms with E-state index >= 15 is 0 Å². The third kappa shape index (κ3) is 12.7. The first-order valence-corrected chi connectivity index (χ1v) is 16.6. The van der Waals surface area contributed by atoms with Crippen LogP contribution in [0.25, 0.3) is 0 Å². The standard InChI is InChI=1S/C32H53N5O11/c1-22(2)5-6-24-31(3,48-24)29-28(43-4)23(7-9-32(29)21-46-32)47-30(42)36-13-16-45-18-17-44-15-12-35-25(39)8-10-33-19-26(40)37-20-27(41)34-11-14-38/h5,14,23-24,28-29,33H,6-13,15-21H2,1-4H3,(H,34,41)(H,35,39)(H,36,42)(H,37,40)/t23?,24-,28?,29?,31+,32+/m1/s1. The number of alkyl carbamates (subject to hydrolysis) is 1. The first kappa shape index (κ1) is 39.3. The molecule has 0 radical (unpaired) electrons. The summed E-state index contributed by atoms with van der Waals surface area (Å²) in [6, 6.07) is 0. The van der Waals surface area contributed by atoms with Gasteiger partial charge in [-0.1, -0.05) is 11.6 Å². The Bertz CT molecular complexity index is 1110. The summed E-state index contributed by atoms with van der Waals surface area (Å²) in [5, 5.41) is 13.0. The Morgan fingerprint density at radius 1 is 0.896 bits per heavy atom. The Morgan fingerprint density at radius 2 is 1.58 bits per heavy atom. The van der Waals surface area contributed by atoms with Crippen molar-refractivity contribution in [3.63, 3.8) is 0 Å². The summed E-state index contributed by atoms with van der Waals surface area (Å²) in [5.74, 6) is -1.11. The summed E-state index contributed by atoms with van der Waals surface area (Å²) in [7, 11) is 1.64. The van der Waals surface area contributed by atoms with E-state index in [1.165, 1.54) is 5.57 Å². The van der Waals surface area contributed by atoms with Gasteiger partial charge in [-0.05, 0) is 40.0 Å². The third-order valence-corrected chi connectivity index (χ3v) is 8.59. The summed E-state index contributed by atoms with van der Waals surface area (Å²) in [5.41, 5.74) is 0.566. The van der Waals surface area contributed by atoms with Crippen LogP contribution < -0.4 is 26.6 Å². The molecule has 5 N–H and O–H groups in total. The second-order valence-electron chi connectivity index (χ2n) is 12.5. The van der Waals surface area contributed by atoms with Crippen LogP contribution in [0.2, 0.25) is 0 Å². The van der Waals surface area contributed by atoms with Crippen molar-refractivity contribution in [3.8, 4) is 0 Å². The molecule has 3 unspecified atom stereocenters. The Labute approximate surface area is 282 Å². The van der Waals surface area contributed by atoms with Crippen molar-refractivity contribution in [3.05, 3.63) is 11.6 Å². The van der Waals surface area contributed by atoms with Crippen molar-refractivity contribution in [2.24, 2.45) is 5.92 Å². The maximum atomic E-state index is 12.6. The van der Waals surface area contributed by atoms with Crippen LogP contribution in [0, 0.1) is 5.92 Å².